The highest BCUT2D eigenvalue weighted by atomic mass is 32.2. The first-order chi connectivity index (χ1) is 7.49. The molecule has 2 aromatic heterocycles. The number of rotatable bonds is 1. The second-order valence-corrected chi connectivity index (χ2v) is 4.70. The van der Waals surface area contributed by atoms with Gasteiger partial charge in [0, 0.05) is 21.1 Å². The predicted octanol–water partition coefficient (Wildman–Crippen LogP) is 1.06. The fraction of sp³-hybridized carbons (Fsp3) is 0.444. The fourth-order valence-electron chi connectivity index (χ4n) is 1.68. The van der Waals surface area contributed by atoms with Gasteiger partial charge in [0.1, 0.15) is 10.2 Å². The Morgan fingerprint density at radius 3 is 2.38 bits per heavy atom. The van der Waals surface area contributed by atoms with Gasteiger partial charge in [0.05, 0.1) is 0 Å². The van der Waals surface area contributed by atoms with E-state index in [0.29, 0.717) is 10.3 Å². The van der Waals surface area contributed by atoms with Gasteiger partial charge >= 0.3 is 5.69 Å². The highest BCUT2D eigenvalue weighted by molar-refractivity contribution is 7.98. The molecule has 0 saturated carbocycles. The number of nitrogens with zero attached hydrogens (tertiary/aromatic N) is 4. The Morgan fingerprint density at radius 2 is 1.81 bits per heavy atom. The van der Waals surface area contributed by atoms with Crippen LogP contribution in [0.3, 0.4) is 0 Å². The van der Waals surface area contributed by atoms with Gasteiger partial charge in [0.15, 0.2) is 10.8 Å². The van der Waals surface area contributed by atoms with Crippen molar-refractivity contribution in [2.45, 2.75) is 5.16 Å². The second kappa shape index (κ2) is 3.74. The largest absolute Gasteiger partial charge is 0.330 e. The van der Waals surface area contributed by atoms with Gasteiger partial charge in [-0.3, -0.25) is 9.13 Å². The van der Waals surface area contributed by atoms with Gasteiger partial charge in [-0.15, -0.1) is 0 Å². The first-order valence-electron chi connectivity index (χ1n) is 4.65. The van der Waals surface area contributed by atoms with Gasteiger partial charge in [0.2, 0.25) is 0 Å². The summed E-state index contributed by atoms with van der Waals surface area (Å²) in [6.07, 6.45) is 1.95. The SMILES string of the molecule is CSc1nc2c(c(=S)n(C)c(=O)n2C)n1C. The van der Waals surface area contributed by atoms with Crippen molar-refractivity contribution in [2.75, 3.05) is 6.26 Å². The molecule has 16 heavy (non-hydrogen) atoms. The van der Waals surface area contributed by atoms with E-state index in [1.165, 1.54) is 20.9 Å². The lowest BCUT2D eigenvalue weighted by molar-refractivity contribution is 0.718. The normalized spacial score (nSPS) is 11.2. The molecule has 0 radical (unpaired) electrons. The van der Waals surface area contributed by atoms with Crippen LogP contribution in [0.25, 0.3) is 11.2 Å². The fourth-order valence-corrected chi connectivity index (χ4v) is 2.53. The maximum absolute atomic E-state index is 11.8. The van der Waals surface area contributed by atoms with E-state index in [-0.39, 0.29) is 5.69 Å². The lowest BCUT2D eigenvalue weighted by Gasteiger charge is -2.04. The van der Waals surface area contributed by atoms with Crippen LogP contribution in [-0.4, -0.2) is 24.9 Å². The van der Waals surface area contributed by atoms with Gasteiger partial charge in [0.25, 0.3) is 0 Å². The summed E-state index contributed by atoms with van der Waals surface area (Å²) >= 11 is 6.80. The lowest BCUT2D eigenvalue weighted by Crippen LogP contribution is -2.28. The zero-order valence-corrected chi connectivity index (χ0v) is 11.1. The summed E-state index contributed by atoms with van der Waals surface area (Å²) in [4.78, 5) is 16.2. The second-order valence-electron chi connectivity index (χ2n) is 3.54. The zero-order valence-electron chi connectivity index (χ0n) is 9.51. The molecule has 0 aromatic carbocycles. The molecule has 86 valence electrons. The maximum atomic E-state index is 11.8. The van der Waals surface area contributed by atoms with Crippen molar-refractivity contribution < 1.29 is 0 Å². The van der Waals surface area contributed by atoms with Gasteiger partial charge in [-0.25, -0.2) is 9.78 Å². The van der Waals surface area contributed by atoms with E-state index in [0.717, 1.165) is 10.7 Å². The van der Waals surface area contributed by atoms with Crippen molar-refractivity contribution in [3.63, 3.8) is 0 Å². The van der Waals surface area contributed by atoms with Crippen LogP contribution in [0.4, 0.5) is 0 Å². The zero-order chi connectivity index (χ0) is 12.0. The van der Waals surface area contributed by atoms with Gasteiger partial charge < -0.3 is 4.57 Å². The molecule has 7 heteroatoms. The Hall–Kier alpha value is -1.08. The molecule has 0 N–H and O–H groups in total. The molecule has 5 nitrogen and oxygen atoms in total. The van der Waals surface area contributed by atoms with E-state index < -0.39 is 0 Å². The Morgan fingerprint density at radius 1 is 1.19 bits per heavy atom. The first kappa shape index (κ1) is 11.4. The van der Waals surface area contributed by atoms with Crippen molar-refractivity contribution in [3.05, 3.63) is 15.1 Å². The molecule has 0 unspecified atom stereocenters. The Balaban J connectivity index is 3.13. The molecule has 2 heterocycles. The van der Waals surface area contributed by atoms with Gasteiger partial charge in [-0.2, -0.15) is 0 Å². The molecule has 0 aliphatic heterocycles. The first-order valence-corrected chi connectivity index (χ1v) is 6.28. The number of fused-ring (bicyclic) bond motifs is 1. The average Bonchev–Trinajstić information content (AvgIpc) is 2.61. The van der Waals surface area contributed by atoms with E-state index in [4.69, 9.17) is 12.2 Å². The van der Waals surface area contributed by atoms with Crippen molar-refractivity contribution in [1.29, 1.82) is 0 Å². The van der Waals surface area contributed by atoms with Crippen LogP contribution < -0.4 is 5.69 Å². The van der Waals surface area contributed by atoms with Crippen LogP contribution in [0.1, 0.15) is 0 Å². The summed E-state index contributed by atoms with van der Waals surface area (Å²) in [7, 11) is 5.29. The molecule has 0 bridgehead atoms. The summed E-state index contributed by atoms with van der Waals surface area (Å²) in [6.45, 7) is 0. The minimum Gasteiger partial charge on any atom is -0.318 e. The number of aromatic nitrogens is 4. The van der Waals surface area contributed by atoms with Crippen LogP contribution in [0.15, 0.2) is 9.95 Å². The molecule has 0 atom stereocenters. The van der Waals surface area contributed by atoms with Crippen LogP contribution in [-0.2, 0) is 21.1 Å². The third-order valence-corrected chi connectivity index (χ3v) is 3.81. The molecule has 0 aliphatic rings. The van der Waals surface area contributed by atoms with E-state index in [9.17, 15) is 4.79 Å². The van der Waals surface area contributed by atoms with E-state index in [1.807, 2.05) is 17.9 Å². The highest BCUT2D eigenvalue weighted by Crippen LogP contribution is 2.20. The predicted molar refractivity (Wildman–Crippen MR) is 67.5 cm³/mol. The van der Waals surface area contributed by atoms with E-state index >= 15 is 0 Å². The number of imidazole rings is 1. The van der Waals surface area contributed by atoms with Crippen LogP contribution >= 0.6 is 24.0 Å². The number of aryl methyl sites for hydroxylation is 2. The topological polar surface area (TPSA) is 44.8 Å². The Kier molecular flexibility index (Phi) is 2.67. The molecule has 0 saturated heterocycles. The average molecular weight is 256 g/mol. The Bertz CT molecular complexity index is 679. The van der Waals surface area contributed by atoms with Gasteiger partial charge in [-0.05, 0) is 6.26 Å². The minimum atomic E-state index is -0.150. The number of thioether (sulfide) groups is 1. The third kappa shape index (κ3) is 1.35. The van der Waals surface area contributed by atoms with Gasteiger partial charge in [-0.1, -0.05) is 24.0 Å². The summed E-state index contributed by atoms with van der Waals surface area (Å²) < 4.78 is 5.42. The Labute approximate surface area is 102 Å². The van der Waals surface area contributed by atoms with Crippen molar-refractivity contribution in [2.24, 2.45) is 21.1 Å². The molecule has 0 spiro atoms. The minimum absolute atomic E-state index is 0.150. The highest BCUT2D eigenvalue weighted by Gasteiger charge is 2.13. The summed E-state index contributed by atoms with van der Waals surface area (Å²) in [5.74, 6) is 0. The molecule has 0 aliphatic carbocycles. The molecular weight excluding hydrogens is 244 g/mol. The summed E-state index contributed by atoms with van der Waals surface area (Å²) in [5, 5.41) is 0.849. The standard InChI is InChI=1S/C9H12N4OS2/c1-11-5-6(10-8(11)16-4)12(2)9(14)13(3)7(5)15/h1-4H3. The van der Waals surface area contributed by atoms with Crippen molar-refractivity contribution >= 4 is 35.1 Å². The molecular formula is C9H12N4OS2. The molecule has 2 aromatic rings. The molecule has 0 amide bonds. The quantitative estimate of drug-likeness (QED) is 0.565. The number of hydrogen-bond acceptors (Lipinski definition) is 4. The maximum Gasteiger partial charge on any atom is 0.330 e. The molecule has 0 fully saturated rings. The van der Waals surface area contributed by atoms with E-state index in [2.05, 4.69) is 4.98 Å². The molecule has 2 rings (SSSR count). The summed E-state index contributed by atoms with van der Waals surface area (Å²) in [5.41, 5.74) is 1.31. The van der Waals surface area contributed by atoms with Crippen LogP contribution in [0, 0.1) is 4.64 Å². The summed E-state index contributed by atoms with van der Waals surface area (Å²) in [6, 6.07) is 0. The third-order valence-electron chi connectivity index (χ3n) is 2.62. The monoisotopic (exact) mass is 256 g/mol. The number of hydrogen-bond donors (Lipinski definition) is 0. The van der Waals surface area contributed by atoms with E-state index in [1.54, 1.807) is 14.1 Å². The van der Waals surface area contributed by atoms with Crippen LogP contribution in [0.5, 0.6) is 0 Å². The van der Waals surface area contributed by atoms with Crippen molar-refractivity contribution in [3.8, 4) is 0 Å². The smallest absolute Gasteiger partial charge is 0.318 e. The lowest BCUT2D eigenvalue weighted by atomic mass is 10.5. The van der Waals surface area contributed by atoms with Crippen LogP contribution in [0.2, 0.25) is 0 Å². The van der Waals surface area contributed by atoms with Crippen molar-refractivity contribution in [1.82, 2.24) is 18.7 Å².